The van der Waals surface area contributed by atoms with Crippen LogP contribution in [0.2, 0.25) is 5.02 Å². The largest absolute Gasteiger partial charge is 0.480 e. The lowest BCUT2D eigenvalue weighted by molar-refractivity contribution is -0.146. The number of hydrogen-bond donors (Lipinski definition) is 1. The number of carboxylic acids is 1. The normalized spacial score (nSPS) is 25.3. The van der Waals surface area contributed by atoms with Crippen molar-refractivity contribution in [1.82, 2.24) is 4.31 Å². The van der Waals surface area contributed by atoms with Gasteiger partial charge in [0, 0.05) is 12.1 Å². The van der Waals surface area contributed by atoms with Crippen LogP contribution in [0.1, 0.15) is 32.1 Å². The maximum atomic E-state index is 13.8. The first-order chi connectivity index (χ1) is 13.9. The molecule has 3 unspecified atom stereocenters. The summed E-state index contributed by atoms with van der Waals surface area (Å²) in [6, 6.07) is 13.1. The van der Waals surface area contributed by atoms with Crippen LogP contribution < -0.4 is 0 Å². The van der Waals surface area contributed by atoms with E-state index in [1.807, 2.05) is 30.3 Å². The Morgan fingerprint density at radius 2 is 1.72 bits per heavy atom. The van der Waals surface area contributed by atoms with Gasteiger partial charge in [0.25, 0.3) is 0 Å². The van der Waals surface area contributed by atoms with Crippen molar-refractivity contribution in [2.24, 2.45) is 11.8 Å². The third-order valence-electron chi connectivity index (χ3n) is 6.28. The molecule has 1 heterocycles. The molecule has 7 heteroatoms. The monoisotopic (exact) mass is 433 g/mol. The molecule has 0 spiro atoms. The number of aliphatic carboxylic acids is 1. The Morgan fingerprint density at radius 3 is 2.45 bits per heavy atom. The Balaban J connectivity index is 1.82. The Hall–Kier alpha value is -1.89. The maximum Gasteiger partial charge on any atom is 0.322 e. The molecule has 29 heavy (non-hydrogen) atoms. The van der Waals surface area contributed by atoms with E-state index in [-0.39, 0.29) is 28.3 Å². The van der Waals surface area contributed by atoms with Crippen LogP contribution in [0, 0.1) is 11.8 Å². The Kier molecular flexibility index (Phi) is 5.69. The zero-order valence-corrected chi connectivity index (χ0v) is 17.6. The van der Waals surface area contributed by atoms with Crippen molar-refractivity contribution in [3.05, 3.63) is 53.6 Å². The van der Waals surface area contributed by atoms with Gasteiger partial charge < -0.3 is 5.11 Å². The number of benzene rings is 2. The molecule has 0 amide bonds. The Labute approximate surface area is 176 Å². The van der Waals surface area contributed by atoms with Crippen molar-refractivity contribution in [3.8, 4) is 11.1 Å². The van der Waals surface area contributed by atoms with Crippen LogP contribution in [0.15, 0.2) is 53.4 Å². The summed E-state index contributed by atoms with van der Waals surface area (Å²) in [6.45, 7) is 0.208. The molecule has 1 saturated carbocycles. The number of sulfonamides is 1. The van der Waals surface area contributed by atoms with Crippen LogP contribution in [0.5, 0.6) is 0 Å². The van der Waals surface area contributed by atoms with Gasteiger partial charge in [-0.25, -0.2) is 8.42 Å². The van der Waals surface area contributed by atoms with E-state index in [1.165, 1.54) is 4.31 Å². The first kappa shape index (κ1) is 20.4. The van der Waals surface area contributed by atoms with E-state index in [9.17, 15) is 18.3 Å². The molecular weight excluding hydrogens is 410 g/mol. The van der Waals surface area contributed by atoms with E-state index in [2.05, 4.69) is 0 Å². The molecule has 1 saturated heterocycles. The average Bonchev–Trinajstić information content (AvgIpc) is 2.73. The van der Waals surface area contributed by atoms with Crippen molar-refractivity contribution < 1.29 is 18.3 Å². The minimum Gasteiger partial charge on any atom is -0.480 e. The lowest BCUT2D eigenvalue weighted by Crippen LogP contribution is -2.56. The molecule has 1 aliphatic carbocycles. The molecule has 4 rings (SSSR count). The smallest absolute Gasteiger partial charge is 0.322 e. The molecular formula is C22H24ClNO4S. The second kappa shape index (κ2) is 8.09. The fourth-order valence-electron chi connectivity index (χ4n) is 4.97. The van der Waals surface area contributed by atoms with Gasteiger partial charge in [0.15, 0.2) is 0 Å². The van der Waals surface area contributed by atoms with Gasteiger partial charge in [0.1, 0.15) is 10.9 Å². The Morgan fingerprint density at radius 1 is 1.00 bits per heavy atom. The minimum absolute atomic E-state index is 0.00613. The Bertz CT molecular complexity index is 1010. The summed E-state index contributed by atoms with van der Waals surface area (Å²) in [5.41, 5.74) is 1.22. The summed E-state index contributed by atoms with van der Waals surface area (Å²) in [6.07, 6.45) is 4.45. The fraction of sp³-hybridized carbons (Fsp3) is 0.409. The van der Waals surface area contributed by atoms with Crippen molar-refractivity contribution in [3.63, 3.8) is 0 Å². The van der Waals surface area contributed by atoms with Gasteiger partial charge in [-0.2, -0.15) is 4.31 Å². The van der Waals surface area contributed by atoms with E-state index in [4.69, 9.17) is 11.6 Å². The van der Waals surface area contributed by atoms with Crippen molar-refractivity contribution >= 4 is 27.6 Å². The van der Waals surface area contributed by atoms with Crippen LogP contribution in [-0.4, -0.2) is 36.4 Å². The molecule has 0 aromatic heterocycles. The number of halogens is 1. The minimum atomic E-state index is -4.10. The molecule has 1 N–H and O–H groups in total. The number of hydrogen-bond acceptors (Lipinski definition) is 3. The molecule has 0 radical (unpaired) electrons. The van der Waals surface area contributed by atoms with E-state index in [0.29, 0.717) is 12.0 Å². The SMILES string of the molecule is O=C(O)C1C2CCCCC2CCN1S(=O)(=O)c1c(Cl)cccc1-c1ccccc1. The number of nitrogens with zero attached hydrogens (tertiary/aromatic N) is 1. The molecule has 1 aliphatic heterocycles. The number of carbonyl (C=O) groups is 1. The van der Waals surface area contributed by atoms with Gasteiger partial charge in [-0.05, 0) is 36.3 Å². The zero-order chi connectivity index (χ0) is 20.6. The summed E-state index contributed by atoms with van der Waals surface area (Å²) >= 11 is 6.39. The molecule has 5 nitrogen and oxygen atoms in total. The standard InChI is InChI=1S/C22H24ClNO4S/c23-19-12-6-11-18(15-7-2-1-3-8-15)21(19)29(27,28)24-14-13-16-9-4-5-10-17(16)20(24)22(25)26/h1-3,6-8,11-12,16-17,20H,4-5,9-10,13-14H2,(H,25,26). The first-order valence-corrected chi connectivity index (χ1v) is 11.8. The highest BCUT2D eigenvalue weighted by Crippen LogP contribution is 2.43. The topological polar surface area (TPSA) is 74.7 Å². The van der Waals surface area contributed by atoms with Gasteiger partial charge in [-0.15, -0.1) is 0 Å². The van der Waals surface area contributed by atoms with Crippen molar-refractivity contribution in [1.29, 1.82) is 0 Å². The predicted octanol–water partition coefficient (Wildman–Crippen LogP) is 4.66. The summed E-state index contributed by atoms with van der Waals surface area (Å²) in [5, 5.41) is 10.1. The van der Waals surface area contributed by atoms with Crippen LogP contribution in [-0.2, 0) is 14.8 Å². The number of rotatable bonds is 4. The van der Waals surface area contributed by atoms with E-state index in [1.54, 1.807) is 18.2 Å². The van der Waals surface area contributed by atoms with Gasteiger partial charge in [-0.3, -0.25) is 4.79 Å². The van der Waals surface area contributed by atoms with Crippen LogP contribution in [0.4, 0.5) is 0 Å². The van der Waals surface area contributed by atoms with E-state index < -0.39 is 22.0 Å². The molecule has 2 fully saturated rings. The maximum absolute atomic E-state index is 13.8. The second-order valence-electron chi connectivity index (χ2n) is 7.88. The first-order valence-electron chi connectivity index (χ1n) is 10.00. The van der Waals surface area contributed by atoms with E-state index >= 15 is 0 Å². The predicted molar refractivity (Wildman–Crippen MR) is 112 cm³/mol. The third-order valence-corrected chi connectivity index (χ3v) is 8.69. The van der Waals surface area contributed by atoms with Gasteiger partial charge >= 0.3 is 5.97 Å². The summed E-state index contributed by atoms with van der Waals surface area (Å²) in [7, 11) is -4.10. The van der Waals surface area contributed by atoms with Gasteiger partial charge in [-0.1, -0.05) is 73.3 Å². The average molecular weight is 434 g/mol. The zero-order valence-electron chi connectivity index (χ0n) is 16.0. The lowest BCUT2D eigenvalue weighted by Gasteiger charge is -2.45. The van der Waals surface area contributed by atoms with Crippen LogP contribution in [0.3, 0.4) is 0 Å². The van der Waals surface area contributed by atoms with E-state index in [0.717, 1.165) is 31.2 Å². The molecule has 154 valence electrons. The quantitative estimate of drug-likeness (QED) is 0.760. The number of carboxylic acid groups (broad SMARTS) is 1. The number of piperidine rings is 1. The van der Waals surface area contributed by atoms with Crippen LogP contribution in [0.25, 0.3) is 11.1 Å². The summed E-state index contributed by atoms with van der Waals surface area (Å²) in [4.78, 5) is 12.2. The van der Waals surface area contributed by atoms with Gasteiger partial charge in [0.2, 0.25) is 10.0 Å². The fourth-order valence-corrected chi connectivity index (χ4v) is 7.34. The highest BCUT2D eigenvalue weighted by molar-refractivity contribution is 7.89. The molecule has 3 atom stereocenters. The second-order valence-corrected chi connectivity index (χ2v) is 10.1. The molecule has 2 aromatic carbocycles. The molecule has 0 bridgehead atoms. The molecule has 2 aliphatic rings. The summed E-state index contributed by atoms with van der Waals surface area (Å²) in [5.74, 6) is -0.943. The highest BCUT2D eigenvalue weighted by atomic mass is 35.5. The number of fused-ring (bicyclic) bond motifs is 1. The highest BCUT2D eigenvalue weighted by Gasteiger charge is 2.48. The molecule has 2 aromatic rings. The van der Waals surface area contributed by atoms with Gasteiger partial charge in [0.05, 0.1) is 5.02 Å². The van der Waals surface area contributed by atoms with Crippen LogP contribution >= 0.6 is 11.6 Å². The van der Waals surface area contributed by atoms with Crippen molar-refractivity contribution in [2.45, 2.75) is 43.0 Å². The lowest BCUT2D eigenvalue weighted by atomic mass is 9.71. The third kappa shape index (κ3) is 3.69. The summed E-state index contributed by atoms with van der Waals surface area (Å²) < 4.78 is 28.7. The van der Waals surface area contributed by atoms with Crippen molar-refractivity contribution in [2.75, 3.05) is 6.54 Å².